The highest BCUT2D eigenvalue weighted by atomic mass is 32.2. The van der Waals surface area contributed by atoms with Crippen LogP contribution in [-0.2, 0) is 9.84 Å². The van der Waals surface area contributed by atoms with E-state index in [0.29, 0.717) is 6.42 Å². The Hall–Kier alpha value is -1.13. The molecular weight excluding hydrogens is 260 g/mol. The van der Waals surface area contributed by atoms with Crippen molar-refractivity contribution in [1.82, 2.24) is 0 Å². The molecule has 106 valence electrons. The van der Waals surface area contributed by atoms with Crippen LogP contribution in [0.15, 0.2) is 40.6 Å². The number of benzene rings is 1. The minimum absolute atomic E-state index is 0.259. The highest BCUT2D eigenvalue weighted by molar-refractivity contribution is 7.94. The van der Waals surface area contributed by atoms with E-state index in [-0.39, 0.29) is 4.90 Å². The van der Waals surface area contributed by atoms with Crippen LogP contribution in [-0.4, -0.2) is 19.6 Å². The van der Waals surface area contributed by atoms with E-state index in [9.17, 15) is 13.5 Å². The van der Waals surface area contributed by atoms with Crippen molar-refractivity contribution in [2.45, 2.75) is 50.5 Å². The Morgan fingerprint density at radius 3 is 2.42 bits per heavy atom. The summed E-state index contributed by atoms with van der Waals surface area (Å²) in [5, 5.41) is 10.8. The molecule has 0 heterocycles. The number of rotatable bonds is 7. The average Bonchev–Trinajstić information content (AvgIpc) is 2.37. The standard InChI is InChI=1S/C15H22O3S/c1-3-4-5-6-14(16)11-12-19(17,18)15-9-7-13(2)8-10-15/h7-12,14,16H,3-6H2,1-2H3/b12-11+/t14-/m0/s1. The molecular formula is C15H22O3S. The molecule has 0 saturated heterocycles. The molecule has 0 radical (unpaired) electrons. The van der Waals surface area contributed by atoms with Crippen LogP contribution in [0.4, 0.5) is 0 Å². The van der Waals surface area contributed by atoms with Crippen molar-refractivity contribution in [2.75, 3.05) is 0 Å². The molecule has 0 aromatic heterocycles. The van der Waals surface area contributed by atoms with Crippen LogP contribution in [0.25, 0.3) is 0 Å². The van der Waals surface area contributed by atoms with Crippen molar-refractivity contribution in [3.63, 3.8) is 0 Å². The number of hydrogen-bond acceptors (Lipinski definition) is 3. The van der Waals surface area contributed by atoms with Gasteiger partial charge in [-0.15, -0.1) is 0 Å². The van der Waals surface area contributed by atoms with Crippen molar-refractivity contribution in [3.05, 3.63) is 41.3 Å². The zero-order valence-electron chi connectivity index (χ0n) is 11.5. The minimum Gasteiger partial charge on any atom is -0.389 e. The first-order valence-corrected chi connectivity index (χ1v) is 8.18. The third-order valence-electron chi connectivity index (χ3n) is 2.93. The number of hydrogen-bond donors (Lipinski definition) is 1. The molecule has 1 N–H and O–H groups in total. The first-order chi connectivity index (χ1) is 8.95. The maximum absolute atomic E-state index is 12.0. The fourth-order valence-corrected chi connectivity index (χ4v) is 2.76. The number of unbranched alkanes of at least 4 members (excludes halogenated alkanes) is 2. The topological polar surface area (TPSA) is 54.4 Å². The maximum atomic E-state index is 12.0. The Bertz CT molecular complexity index is 501. The molecule has 1 aromatic rings. The van der Waals surface area contributed by atoms with Gasteiger partial charge in [0.2, 0.25) is 0 Å². The second-order valence-electron chi connectivity index (χ2n) is 4.75. The molecule has 1 aromatic carbocycles. The number of aliphatic hydroxyl groups is 1. The molecule has 0 bridgehead atoms. The van der Waals surface area contributed by atoms with Crippen LogP contribution < -0.4 is 0 Å². The van der Waals surface area contributed by atoms with Gasteiger partial charge in [-0.25, -0.2) is 8.42 Å². The van der Waals surface area contributed by atoms with E-state index in [1.165, 1.54) is 6.08 Å². The summed E-state index contributed by atoms with van der Waals surface area (Å²) in [7, 11) is -3.44. The van der Waals surface area contributed by atoms with E-state index in [1.807, 2.05) is 6.92 Å². The Labute approximate surface area is 115 Å². The molecule has 3 nitrogen and oxygen atoms in total. The minimum atomic E-state index is -3.44. The second-order valence-corrected chi connectivity index (χ2v) is 6.58. The molecule has 19 heavy (non-hydrogen) atoms. The molecule has 0 spiro atoms. The Balaban J connectivity index is 2.66. The van der Waals surface area contributed by atoms with E-state index in [1.54, 1.807) is 24.3 Å². The summed E-state index contributed by atoms with van der Waals surface area (Å²) >= 11 is 0. The van der Waals surface area contributed by atoms with Gasteiger partial charge in [0.1, 0.15) is 0 Å². The fraction of sp³-hybridized carbons (Fsp3) is 0.467. The summed E-state index contributed by atoms with van der Waals surface area (Å²) < 4.78 is 24.0. The molecule has 0 unspecified atom stereocenters. The second kappa shape index (κ2) is 7.46. The van der Waals surface area contributed by atoms with Crippen LogP contribution in [0.2, 0.25) is 0 Å². The average molecular weight is 282 g/mol. The van der Waals surface area contributed by atoms with Gasteiger partial charge in [0.25, 0.3) is 0 Å². The lowest BCUT2D eigenvalue weighted by atomic mass is 10.1. The third kappa shape index (κ3) is 5.57. The third-order valence-corrected chi connectivity index (χ3v) is 4.38. The SMILES string of the molecule is CCCCC[C@H](O)/C=C/S(=O)(=O)c1ccc(C)cc1. The van der Waals surface area contributed by atoms with Gasteiger partial charge < -0.3 is 5.11 Å². The zero-order valence-corrected chi connectivity index (χ0v) is 12.4. The molecule has 4 heteroatoms. The fourth-order valence-electron chi connectivity index (χ4n) is 1.70. The van der Waals surface area contributed by atoms with Crippen LogP contribution in [0, 0.1) is 6.92 Å². The van der Waals surface area contributed by atoms with Gasteiger partial charge in [-0.1, -0.05) is 43.9 Å². The van der Waals surface area contributed by atoms with Crippen molar-refractivity contribution in [3.8, 4) is 0 Å². The normalized spacial score (nSPS) is 13.8. The molecule has 0 aliphatic heterocycles. The lowest BCUT2D eigenvalue weighted by Crippen LogP contribution is -2.04. The lowest BCUT2D eigenvalue weighted by Gasteiger charge is -2.05. The number of aryl methyl sites for hydroxylation is 1. The lowest BCUT2D eigenvalue weighted by molar-refractivity contribution is 0.208. The van der Waals surface area contributed by atoms with Gasteiger partial charge in [-0.2, -0.15) is 0 Å². The van der Waals surface area contributed by atoms with E-state index < -0.39 is 15.9 Å². The summed E-state index contributed by atoms with van der Waals surface area (Å²) in [6.45, 7) is 3.99. The summed E-state index contributed by atoms with van der Waals surface area (Å²) in [6, 6.07) is 6.69. The Morgan fingerprint density at radius 1 is 1.21 bits per heavy atom. The van der Waals surface area contributed by atoms with Gasteiger partial charge in [-0.3, -0.25) is 0 Å². The maximum Gasteiger partial charge on any atom is 0.199 e. The molecule has 0 aliphatic rings. The van der Waals surface area contributed by atoms with Crippen molar-refractivity contribution < 1.29 is 13.5 Å². The monoisotopic (exact) mass is 282 g/mol. The van der Waals surface area contributed by atoms with Gasteiger partial charge >= 0.3 is 0 Å². The predicted molar refractivity (Wildman–Crippen MR) is 77.7 cm³/mol. The summed E-state index contributed by atoms with van der Waals surface area (Å²) in [6.07, 6.45) is 4.32. The molecule has 0 aliphatic carbocycles. The molecule has 1 rings (SSSR count). The van der Waals surface area contributed by atoms with Crippen molar-refractivity contribution >= 4 is 9.84 Å². The first kappa shape index (κ1) is 15.9. The van der Waals surface area contributed by atoms with Gasteiger partial charge in [0.05, 0.1) is 11.0 Å². The smallest absolute Gasteiger partial charge is 0.199 e. The molecule has 0 amide bonds. The largest absolute Gasteiger partial charge is 0.389 e. The molecule has 0 saturated carbocycles. The zero-order chi connectivity index (χ0) is 14.3. The highest BCUT2D eigenvalue weighted by Crippen LogP contribution is 2.14. The van der Waals surface area contributed by atoms with Crippen LogP contribution in [0.3, 0.4) is 0 Å². The highest BCUT2D eigenvalue weighted by Gasteiger charge is 2.10. The van der Waals surface area contributed by atoms with Gasteiger partial charge in [0, 0.05) is 5.41 Å². The molecule has 1 atom stereocenters. The van der Waals surface area contributed by atoms with E-state index in [0.717, 1.165) is 30.2 Å². The number of aliphatic hydroxyl groups excluding tert-OH is 1. The Kier molecular flexibility index (Phi) is 6.25. The summed E-state index contributed by atoms with van der Waals surface area (Å²) in [4.78, 5) is 0.259. The summed E-state index contributed by atoms with van der Waals surface area (Å²) in [5.74, 6) is 0. The van der Waals surface area contributed by atoms with Crippen molar-refractivity contribution in [2.24, 2.45) is 0 Å². The van der Waals surface area contributed by atoms with E-state index in [2.05, 4.69) is 6.92 Å². The summed E-state index contributed by atoms with van der Waals surface area (Å²) in [5.41, 5.74) is 1.02. The number of sulfone groups is 1. The Morgan fingerprint density at radius 2 is 1.84 bits per heavy atom. The van der Waals surface area contributed by atoms with Crippen molar-refractivity contribution in [1.29, 1.82) is 0 Å². The molecule has 0 fully saturated rings. The predicted octanol–water partition coefficient (Wildman–Crippen LogP) is 3.22. The van der Waals surface area contributed by atoms with Gasteiger partial charge in [-0.05, 0) is 31.6 Å². The van der Waals surface area contributed by atoms with Crippen LogP contribution in [0.1, 0.15) is 38.2 Å². The quantitative estimate of drug-likeness (QED) is 0.781. The van der Waals surface area contributed by atoms with E-state index in [4.69, 9.17) is 0 Å². The van der Waals surface area contributed by atoms with Crippen LogP contribution in [0.5, 0.6) is 0 Å². The van der Waals surface area contributed by atoms with Gasteiger partial charge in [0.15, 0.2) is 9.84 Å². The first-order valence-electron chi connectivity index (χ1n) is 6.63. The van der Waals surface area contributed by atoms with E-state index >= 15 is 0 Å². The van der Waals surface area contributed by atoms with Crippen LogP contribution >= 0.6 is 0 Å².